The average molecular weight is 297 g/mol. The van der Waals surface area contributed by atoms with Gasteiger partial charge in [-0.05, 0) is 37.1 Å². The summed E-state index contributed by atoms with van der Waals surface area (Å²) in [7, 11) is 0. The Morgan fingerprint density at radius 2 is 1.30 bits per heavy atom. The second-order valence-corrected chi connectivity index (χ2v) is 6.16. The van der Waals surface area contributed by atoms with Crippen LogP contribution in [0.2, 0.25) is 0 Å². The molecule has 0 aliphatic carbocycles. The summed E-state index contributed by atoms with van der Waals surface area (Å²) in [5.41, 5.74) is 8.71. The van der Waals surface area contributed by atoms with Gasteiger partial charge in [0.2, 0.25) is 0 Å². The van der Waals surface area contributed by atoms with Crippen LogP contribution < -0.4 is 0 Å². The summed E-state index contributed by atoms with van der Waals surface area (Å²) < 4.78 is 0. The summed E-state index contributed by atoms with van der Waals surface area (Å²) in [5, 5.41) is 1.27. The van der Waals surface area contributed by atoms with Crippen LogP contribution in [0.4, 0.5) is 0 Å². The van der Waals surface area contributed by atoms with Crippen LogP contribution in [0.3, 0.4) is 0 Å². The molecule has 0 spiro atoms. The zero-order chi connectivity index (χ0) is 15.8. The van der Waals surface area contributed by atoms with E-state index in [2.05, 4.69) is 91.6 Å². The van der Waals surface area contributed by atoms with Gasteiger partial charge in [0, 0.05) is 16.5 Å². The first-order valence-corrected chi connectivity index (χ1v) is 7.97. The number of aromatic amines is 1. The monoisotopic (exact) mass is 297 g/mol. The van der Waals surface area contributed by atoms with Gasteiger partial charge in [-0.15, -0.1) is 0 Å². The number of benzene rings is 3. The Morgan fingerprint density at radius 1 is 0.652 bits per heavy atom. The van der Waals surface area contributed by atoms with Crippen molar-refractivity contribution in [2.45, 2.75) is 13.8 Å². The number of nitrogens with one attached hydrogen (secondary N) is 1. The van der Waals surface area contributed by atoms with E-state index in [1.807, 2.05) is 0 Å². The lowest BCUT2D eigenvalue weighted by molar-refractivity contribution is 1.41. The van der Waals surface area contributed by atoms with Crippen molar-refractivity contribution >= 4 is 10.9 Å². The third-order valence-electron chi connectivity index (χ3n) is 4.32. The normalized spacial score (nSPS) is 11.0. The van der Waals surface area contributed by atoms with Crippen molar-refractivity contribution in [3.63, 3.8) is 0 Å². The van der Waals surface area contributed by atoms with Gasteiger partial charge in [-0.25, -0.2) is 0 Å². The van der Waals surface area contributed by atoms with Gasteiger partial charge in [0.1, 0.15) is 0 Å². The maximum Gasteiger partial charge on any atom is 0.0544 e. The van der Waals surface area contributed by atoms with Gasteiger partial charge in [0.15, 0.2) is 0 Å². The molecule has 1 aromatic heterocycles. The van der Waals surface area contributed by atoms with E-state index in [0.717, 1.165) is 0 Å². The molecule has 23 heavy (non-hydrogen) atoms. The third-order valence-corrected chi connectivity index (χ3v) is 4.32. The second kappa shape index (κ2) is 5.44. The van der Waals surface area contributed by atoms with Gasteiger partial charge in [-0.3, -0.25) is 0 Å². The molecule has 1 heteroatoms. The molecular formula is C22H19N. The summed E-state index contributed by atoms with van der Waals surface area (Å²) in [6.07, 6.45) is 0. The Hall–Kier alpha value is -2.80. The minimum absolute atomic E-state index is 1.18. The van der Waals surface area contributed by atoms with Crippen LogP contribution in [-0.4, -0.2) is 4.98 Å². The SMILES string of the molecule is Cc1cccc(-c2[nH]c3ccccc3c2-c2cccc(C)c2)c1. The minimum Gasteiger partial charge on any atom is -0.354 e. The van der Waals surface area contributed by atoms with Gasteiger partial charge >= 0.3 is 0 Å². The maximum absolute atomic E-state index is 3.63. The van der Waals surface area contributed by atoms with E-state index in [-0.39, 0.29) is 0 Å². The molecule has 3 aromatic carbocycles. The molecule has 0 saturated heterocycles. The fraction of sp³-hybridized carbons (Fsp3) is 0.0909. The highest BCUT2D eigenvalue weighted by atomic mass is 14.7. The lowest BCUT2D eigenvalue weighted by Gasteiger charge is -2.07. The van der Waals surface area contributed by atoms with Crippen LogP contribution >= 0.6 is 0 Å². The zero-order valence-corrected chi connectivity index (χ0v) is 13.4. The van der Waals surface area contributed by atoms with Crippen LogP contribution in [0.5, 0.6) is 0 Å². The van der Waals surface area contributed by atoms with E-state index in [1.165, 1.54) is 44.4 Å². The number of aromatic nitrogens is 1. The van der Waals surface area contributed by atoms with Gasteiger partial charge < -0.3 is 4.98 Å². The van der Waals surface area contributed by atoms with Crippen molar-refractivity contribution in [3.8, 4) is 22.4 Å². The van der Waals surface area contributed by atoms with E-state index in [1.54, 1.807) is 0 Å². The molecule has 1 heterocycles. The molecule has 0 amide bonds. The van der Waals surface area contributed by atoms with E-state index in [9.17, 15) is 0 Å². The fourth-order valence-corrected chi connectivity index (χ4v) is 3.26. The summed E-state index contributed by atoms with van der Waals surface area (Å²) in [6.45, 7) is 4.28. The van der Waals surface area contributed by atoms with E-state index in [4.69, 9.17) is 0 Å². The topological polar surface area (TPSA) is 15.8 Å². The lowest BCUT2D eigenvalue weighted by Crippen LogP contribution is -1.84. The number of fused-ring (bicyclic) bond motifs is 1. The molecule has 0 bridgehead atoms. The van der Waals surface area contributed by atoms with Crippen LogP contribution in [0.15, 0.2) is 72.8 Å². The predicted molar refractivity (Wildman–Crippen MR) is 98.6 cm³/mol. The van der Waals surface area contributed by atoms with Crippen LogP contribution in [0.25, 0.3) is 33.3 Å². The molecule has 1 N–H and O–H groups in total. The fourth-order valence-electron chi connectivity index (χ4n) is 3.26. The number of hydrogen-bond donors (Lipinski definition) is 1. The molecule has 112 valence electrons. The highest BCUT2D eigenvalue weighted by Crippen LogP contribution is 2.38. The summed E-state index contributed by atoms with van der Waals surface area (Å²) in [4.78, 5) is 3.63. The lowest BCUT2D eigenvalue weighted by atomic mass is 9.97. The Labute approximate surface area is 136 Å². The van der Waals surface area contributed by atoms with Crippen molar-refractivity contribution in [2.24, 2.45) is 0 Å². The summed E-state index contributed by atoms with van der Waals surface area (Å²) in [5.74, 6) is 0. The first-order chi connectivity index (χ1) is 11.2. The first-order valence-electron chi connectivity index (χ1n) is 7.97. The second-order valence-electron chi connectivity index (χ2n) is 6.16. The highest BCUT2D eigenvalue weighted by Gasteiger charge is 2.14. The van der Waals surface area contributed by atoms with Gasteiger partial charge in [0.05, 0.1) is 5.69 Å². The summed E-state index contributed by atoms with van der Waals surface area (Å²) in [6, 6.07) is 25.9. The molecule has 0 aliphatic heterocycles. The molecule has 0 unspecified atom stereocenters. The first kappa shape index (κ1) is 13.8. The number of hydrogen-bond acceptors (Lipinski definition) is 0. The molecule has 0 fully saturated rings. The predicted octanol–water partition coefficient (Wildman–Crippen LogP) is 6.12. The Kier molecular flexibility index (Phi) is 3.27. The Balaban J connectivity index is 2.06. The minimum atomic E-state index is 1.18. The van der Waals surface area contributed by atoms with E-state index >= 15 is 0 Å². The number of H-pyrrole nitrogens is 1. The van der Waals surface area contributed by atoms with Crippen molar-refractivity contribution in [1.82, 2.24) is 4.98 Å². The van der Waals surface area contributed by atoms with Gasteiger partial charge in [0.25, 0.3) is 0 Å². The van der Waals surface area contributed by atoms with Crippen LogP contribution in [-0.2, 0) is 0 Å². The molecule has 0 aliphatic rings. The molecule has 4 rings (SSSR count). The van der Waals surface area contributed by atoms with Gasteiger partial charge in [-0.2, -0.15) is 0 Å². The van der Waals surface area contributed by atoms with Crippen molar-refractivity contribution in [1.29, 1.82) is 0 Å². The van der Waals surface area contributed by atoms with E-state index < -0.39 is 0 Å². The van der Waals surface area contributed by atoms with Gasteiger partial charge in [-0.1, -0.05) is 71.8 Å². The average Bonchev–Trinajstić information content (AvgIpc) is 2.94. The third kappa shape index (κ3) is 2.44. The smallest absolute Gasteiger partial charge is 0.0544 e. The van der Waals surface area contributed by atoms with Crippen molar-refractivity contribution in [2.75, 3.05) is 0 Å². The maximum atomic E-state index is 3.63. The molecule has 4 aromatic rings. The van der Waals surface area contributed by atoms with Crippen LogP contribution in [0.1, 0.15) is 11.1 Å². The molecule has 0 radical (unpaired) electrons. The Morgan fingerprint density at radius 3 is 2.04 bits per heavy atom. The highest BCUT2D eigenvalue weighted by molar-refractivity contribution is 6.03. The standard InChI is InChI=1S/C22H19N/c1-15-7-5-9-17(13-15)21-19-11-3-4-12-20(19)23-22(21)18-10-6-8-16(2)14-18/h3-14,23H,1-2H3. The molecule has 1 nitrogen and oxygen atoms in total. The number of aryl methyl sites for hydroxylation is 2. The largest absolute Gasteiger partial charge is 0.354 e. The van der Waals surface area contributed by atoms with Crippen LogP contribution in [0, 0.1) is 13.8 Å². The number of para-hydroxylation sites is 1. The molecular weight excluding hydrogens is 278 g/mol. The van der Waals surface area contributed by atoms with Crippen molar-refractivity contribution < 1.29 is 0 Å². The number of rotatable bonds is 2. The summed E-state index contributed by atoms with van der Waals surface area (Å²) >= 11 is 0. The van der Waals surface area contributed by atoms with E-state index in [0.29, 0.717) is 0 Å². The molecule has 0 saturated carbocycles. The molecule has 0 atom stereocenters. The Bertz CT molecular complexity index is 992. The quantitative estimate of drug-likeness (QED) is 0.459. The zero-order valence-electron chi connectivity index (χ0n) is 13.4. The van der Waals surface area contributed by atoms with Crippen molar-refractivity contribution in [3.05, 3.63) is 83.9 Å².